The molecule has 230 valence electrons. The van der Waals surface area contributed by atoms with Crippen molar-refractivity contribution < 1.29 is 33.0 Å². The van der Waals surface area contributed by atoms with E-state index in [1.807, 2.05) is 49.4 Å². The molecule has 2 aromatic carbocycles. The number of fused-ring (bicyclic) bond motifs is 1. The molecule has 0 saturated carbocycles. The summed E-state index contributed by atoms with van der Waals surface area (Å²) in [5.74, 6) is 3.14. The highest BCUT2D eigenvalue weighted by atomic mass is 16.7. The summed E-state index contributed by atoms with van der Waals surface area (Å²) in [7, 11) is 0. The fourth-order valence-corrected chi connectivity index (χ4v) is 5.06. The van der Waals surface area contributed by atoms with Gasteiger partial charge in [0, 0.05) is 38.3 Å². The molecule has 5 rings (SSSR count). The first-order valence-electron chi connectivity index (χ1n) is 15.0. The zero-order valence-corrected chi connectivity index (χ0v) is 25.1. The number of ether oxygens (including phenoxy) is 4. The molecule has 0 radical (unpaired) electrons. The standard InChI is InChI=1S/C33H41N3O7/c1-3-4-17-40-28-10-7-27(8-11-28)33(38)35(14-13-34-15-18-39-19-16-34)23-32(37)36(22-29-9-5-25(2)43-29)21-26-6-12-30-31(20-26)42-24-41-30/h5-12,20H,3-4,13-19,21-24H2,1-2H3. The fraction of sp³-hybridized carbons (Fsp3) is 0.455. The molecule has 2 aliphatic heterocycles. The Hall–Kier alpha value is -4.02. The summed E-state index contributed by atoms with van der Waals surface area (Å²) in [6.07, 6.45) is 2.02. The van der Waals surface area contributed by atoms with Gasteiger partial charge < -0.3 is 33.2 Å². The zero-order chi connectivity index (χ0) is 30.0. The lowest BCUT2D eigenvalue weighted by molar-refractivity contribution is -0.133. The molecule has 3 heterocycles. The lowest BCUT2D eigenvalue weighted by atomic mass is 10.1. The molecule has 43 heavy (non-hydrogen) atoms. The number of amides is 2. The van der Waals surface area contributed by atoms with Crippen LogP contribution in [0.1, 0.15) is 47.2 Å². The van der Waals surface area contributed by atoms with Crippen molar-refractivity contribution in [1.29, 1.82) is 0 Å². The van der Waals surface area contributed by atoms with E-state index in [9.17, 15) is 9.59 Å². The van der Waals surface area contributed by atoms with E-state index in [-0.39, 0.29) is 31.7 Å². The Bertz CT molecular complexity index is 1350. The molecule has 10 nitrogen and oxygen atoms in total. The van der Waals surface area contributed by atoms with Crippen molar-refractivity contribution in [3.8, 4) is 17.2 Å². The predicted molar refractivity (Wildman–Crippen MR) is 160 cm³/mol. The number of aryl methyl sites for hydroxylation is 1. The molecule has 1 saturated heterocycles. The van der Waals surface area contributed by atoms with Gasteiger partial charge in [-0.3, -0.25) is 14.5 Å². The van der Waals surface area contributed by atoms with Gasteiger partial charge in [-0.15, -0.1) is 0 Å². The summed E-state index contributed by atoms with van der Waals surface area (Å²) in [4.78, 5) is 33.4. The van der Waals surface area contributed by atoms with Gasteiger partial charge in [0.05, 0.1) is 26.4 Å². The van der Waals surface area contributed by atoms with Gasteiger partial charge in [0.25, 0.3) is 5.91 Å². The van der Waals surface area contributed by atoms with Crippen LogP contribution in [0.4, 0.5) is 0 Å². The van der Waals surface area contributed by atoms with Crippen LogP contribution < -0.4 is 14.2 Å². The van der Waals surface area contributed by atoms with Gasteiger partial charge in [-0.1, -0.05) is 19.4 Å². The van der Waals surface area contributed by atoms with E-state index >= 15 is 0 Å². The second-order valence-corrected chi connectivity index (χ2v) is 10.9. The van der Waals surface area contributed by atoms with E-state index in [2.05, 4.69) is 11.8 Å². The maximum Gasteiger partial charge on any atom is 0.254 e. The van der Waals surface area contributed by atoms with Crippen LogP contribution >= 0.6 is 0 Å². The monoisotopic (exact) mass is 591 g/mol. The number of nitrogens with zero attached hydrogens (tertiary/aromatic N) is 3. The molecule has 0 unspecified atom stereocenters. The first kappa shape index (κ1) is 30.4. The van der Waals surface area contributed by atoms with E-state index in [4.69, 9.17) is 23.4 Å². The number of rotatable bonds is 14. The van der Waals surface area contributed by atoms with Crippen LogP contribution in [-0.4, -0.2) is 85.9 Å². The normalized spacial score (nSPS) is 14.5. The first-order chi connectivity index (χ1) is 21.0. The zero-order valence-electron chi connectivity index (χ0n) is 25.1. The van der Waals surface area contributed by atoms with Crippen molar-refractivity contribution in [2.24, 2.45) is 0 Å². The summed E-state index contributed by atoms with van der Waals surface area (Å²) < 4.78 is 28.1. The number of carbonyl (C=O) groups is 2. The molecule has 0 aliphatic carbocycles. The highest BCUT2D eigenvalue weighted by molar-refractivity contribution is 5.96. The Balaban J connectivity index is 1.33. The minimum absolute atomic E-state index is 0.0673. The van der Waals surface area contributed by atoms with Crippen molar-refractivity contribution in [1.82, 2.24) is 14.7 Å². The van der Waals surface area contributed by atoms with Crippen molar-refractivity contribution in [3.63, 3.8) is 0 Å². The molecule has 0 spiro atoms. The molecule has 0 bridgehead atoms. The maximum absolute atomic E-state index is 14.0. The second kappa shape index (κ2) is 14.9. The SMILES string of the molecule is CCCCOc1ccc(C(=O)N(CCN2CCOCC2)CC(=O)N(Cc2ccc3c(c2)OCO3)Cc2ccc(C)o2)cc1. The fourth-order valence-electron chi connectivity index (χ4n) is 5.06. The van der Waals surface area contributed by atoms with Crippen molar-refractivity contribution in [2.45, 2.75) is 39.8 Å². The Labute approximate surface area is 253 Å². The number of furan rings is 1. The highest BCUT2D eigenvalue weighted by Crippen LogP contribution is 2.33. The molecule has 10 heteroatoms. The molecule has 1 fully saturated rings. The summed E-state index contributed by atoms with van der Waals surface area (Å²) in [5.41, 5.74) is 1.41. The minimum atomic E-state index is -0.196. The molecule has 0 N–H and O–H groups in total. The molecular weight excluding hydrogens is 550 g/mol. The van der Waals surface area contributed by atoms with Gasteiger partial charge in [-0.2, -0.15) is 0 Å². The third-order valence-corrected chi connectivity index (χ3v) is 7.58. The first-order valence-corrected chi connectivity index (χ1v) is 15.0. The van der Waals surface area contributed by atoms with Crippen LogP contribution in [0.5, 0.6) is 17.2 Å². The van der Waals surface area contributed by atoms with Gasteiger partial charge >= 0.3 is 0 Å². The summed E-state index contributed by atoms with van der Waals surface area (Å²) in [6.45, 7) is 9.33. The van der Waals surface area contributed by atoms with Crippen molar-refractivity contribution >= 4 is 11.8 Å². The van der Waals surface area contributed by atoms with Crippen LogP contribution in [0.25, 0.3) is 0 Å². The summed E-state index contributed by atoms with van der Waals surface area (Å²) in [5, 5.41) is 0. The van der Waals surface area contributed by atoms with Crippen LogP contribution in [0.15, 0.2) is 59.0 Å². The van der Waals surface area contributed by atoms with Crippen molar-refractivity contribution in [2.75, 3.05) is 59.3 Å². The van der Waals surface area contributed by atoms with Crippen molar-refractivity contribution in [3.05, 3.63) is 77.2 Å². The minimum Gasteiger partial charge on any atom is -0.494 e. The van der Waals surface area contributed by atoms with Crippen LogP contribution in [-0.2, 0) is 22.6 Å². The van der Waals surface area contributed by atoms with E-state index in [1.54, 1.807) is 21.9 Å². The lowest BCUT2D eigenvalue weighted by Crippen LogP contribution is -2.47. The number of carbonyl (C=O) groups excluding carboxylic acids is 2. The average molecular weight is 592 g/mol. The van der Waals surface area contributed by atoms with Crippen LogP contribution in [0.3, 0.4) is 0 Å². The van der Waals surface area contributed by atoms with Crippen LogP contribution in [0.2, 0.25) is 0 Å². The average Bonchev–Trinajstić information content (AvgIpc) is 3.67. The molecule has 3 aromatic rings. The molecule has 2 amide bonds. The third kappa shape index (κ3) is 8.52. The maximum atomic E-state index is 14.0. The smallest absolute Gasteiger partial charge is 0.254 e. The largest absolute Gasteiger partial charge is 0.494 e. The number of benzene rings is 2. The topological polar surface area (TPSA) is 93.9 Å². The van der Waals surface area contributed by atoms with Crippen LogP contribution in [0, 0.1) is 6.92 Å². The molecular formula is C33H41N3O7. The van der Waals surface area contributed by atoms with E-state index < -0.39 is 0 Å². The third-order valence-electron chi connectivity index (χ3n) is 7.58. The molecule has 1 aromatic heterocycles. The Kier molecular flexibility index (Phi) is 10.6. The van der Waals surface area contributed by atoms with Gasteiger partial charge in [-0.05, 0) is 67.4 Å². The quantitative estimate of drug-likeness (QED) is 0.253. The molecule has 2 aliphatic rings. The van der Waals surface area contributed by atoms with Gasteiger partial charge in [0.15, 0.2) is 11.5 Å². The predicted octanol–water partition coefficient (Wildman–Crippen LogP) is 4.50. The Morgan fingerprint density at radius 3 is 2.47 bits per heavy atom. The van der Waals surface area contributed by atoms with E-state index in [1.165, 1.54) is 0 Å². The van der Waals surface area contributed by atoms with Gasteiger partial charge in [0.2, 0.25) is 12.7 Å². The van der Waals surface area contributed by atoms with E-state index in [0.29, 0.717) is 62.3 Å². The lowest BCUT2D eigenvalue weighted by Gasteiger charge is -2.31. The number of hydrogen-bond donors (Lipinski definition) is 0. The molecule has 0 atom stereocenters. The number of unbranched alkanes of at least 4 members (excludes halogenated alkanes) is 1. The van der Waals surface area contributed by atoms with Gasteiger partial charge in [0.1, 0.15) is 23.8 Å². The number of morpholine rings is 1. The summed E-state index contributed by atoms with van der Waals surface area (Å²) in [6, 6.07) is 16.6. The second-order valence-electron chi connectivity index (χ2n) is 10.9. The summed E-state index contributed by atoms with van der Waals surface area (Å²) >= 11 is 0. The number of hydrogen-bond acceptors (Lipinski definition) is 8. The van der Waals surface area contributed by atoms with E-state index in [0.717, 1.165) is 43.0 Å². The van der Waals surface area contributed by atoms with Gasteiger partial charge in [-0.25, -0.2) is 0 Å². The highest BCUT2D eigenvalue weighted by Gasteiger charge is 2.25. The Morgan fingerprint density at radius 2 is 1.72 bits per heavy atom. The Morgan fingerprint density at radius 1 is 0.930 bits per heavy atom.